The molecule has 0 aromatic heterocycles. The van der Waals surface area contributed by atoms with E-state index in [1.165, 1.54) is 32.1 Å². The van der Waals surface area contributed by atoms with Crippen molar-refractivity contribution in [3.05, 3.63) is 64.7 Å². The maximum absolute atomic E-state index is 12.1. The molecule has 1 heterocycles. The summed E-state index contributed by atoms with van der Waals surface area (Å²) in [6.45, 7) is 7.35. The molecule has 0 amide bonds. The minimum atomic E-state index is -0.798. The van der Waals surface area contributed by atoms with E-state index in [1.807, 2.05) is 44.2 Å². The number of phenolic OH excluding ortho intramolecular Hbond substituents is 1. The maximum Gasteiger partial charge on any atom is 0.306 e. The second kappa shape index (κ2) is 15.3. The summed E-state index contributed by atoms with van der Waals surface area (Å²) < 4.78 is 5.21. The van der Waals surface area contributed by atoms with Crippen LogP contribution in [0.5, 0.6) is 5.75 Å². The van der Waals surface area contributed by atoms with Crippen LogP contribution in [0.4, 0.5) is 0 Å². The summed E-state index contributed by atoms with van der Waals surface area (Å²) in [6.07, 6.45) is 12.9. The van der Waals surface area contributed by atoms with Crippen molar-refractivity contribution < 1.29 is 24.5 Å². The highest BCUT2D eigenvalue weighted by atomic mass is 16.5. The van der Waals surface area contributed by atoms with Crippen LogP contribution < -0.4 is 0 Å². The number of aromatic hydroxyl groups is 1. The number of ether oxygens (including phenoxy) is 1. The van der Waals surface area contributed by atoms with Gasteiger partial charge < -0.3 is 14.9 Å². The molecule has 1 saturated carbocycles. The van der Waals surface area contributed by atoms with Crippen molar-refractivity contribution in [2.45, 2.75) is 72.3 Å². The first kappa shape index (κ1) is 31.8. The van der Waals surface area contributed by atoms with E-state index in [0.717, 1.165) is 28.1 Å². The molecule has 1 fully saturated rings. The van der Waals surface area contributed by atoms with Gasteiger partial charge in [-0.25, -0.2) is 10.0 Å². The number of allylic oxidation sites excluding steroid dienone is 3. The first-order valence-electron chi connectivity index (χ1n) is 13.6. The first-order valence-corrected chi connectivity index (χ1v) is 13.6. The number of aliphatic carboxylic acids is 1. The molecule has 214 valence electrons. The van der Waals surface area contributed by atoms with Gasteiger partial charge in [-0.2, -0.15) is 0 Å². The van der Waals surface area contributed by atoms with E-state index in [4.69, 9.17) is 19.9 Å². The lowest BCUT2D eigenvalue weighted by Crippen LogP contribution is -2.35. The molecule has 39 heavy (non-hydrogen) atoms. The van der Waals surface area contributed by atoms with Crippen LogP contribution in [-0.4, -0.2) is 65.4 Å². The van der Waals surface area contributed by atoms with E-state index in [1.54, 1.807) is 51.5 Å². The van der Waals surface area contributed by atoms with Gasteiger partial charge in [-0.3, -0.25) is 14.6 Å². The topological polar surface area (TPSA) is 103 Å². The summed E-state index contributed by atoms with van der Waals surface area (Å²) in [5.74, 6) is 0.411. The Hall–Kier alpha value is -3.39. The number of methoxy groups -OCH3 is 1. The summed E-state index contributed by atoms with van der Waals surface area (Å²) in [4.78, 5) is 27.4. The number of rotatable bonds is 9. The standard InChI is InChI=1S/C21H33N3O2.C10H12O3/c1-15(14-26-6)19(12-18-10-8-7-9-11-18)13-22-21-20(17(3)25)16(2)23(4)24(21)5;1-7(10(12)13)6-8-2-4-9(11)5-3-8/h12-14,16,18H,7-11H2,1-6H3;2-5,7,11H,6H2,1H3,(H,12,13)/b15-14+,19-12-,22-13-;/t;7-/m.0/s1. The van der Waals surface area contributed by atoms with Crippen LogP contribution in [0.25, 0.3) is 0 Å². The number of carbonyl (C=O) groups excluding carboxylic acids is 1. The van der Waals surface area contributed by atoms with Crippen LogP contribution in [0.3, 0.4) is 0 Å². The lowest BCUT2D eigenvalue weighted by atomic mass is 9.87. The van der Waals surface area contributed by atoms with Gasteiger partial charge in [0.1, 0.15) is 5.75 Å². The van der Waals surface area contributed by atoms with E-state index in [-0.39, 0.29) is 23.5 Å². The Morgan fingerprint density at radius 3 is 2.28 bits per heavy atom. The Morgan fingerprint density at radius 1 is 1.13 bits per heavy atom. The van der Waals surface area contributed by atoms with Crippen LogP contribution in [0.15, 0.2) is 64.1 Å². The summed E-state index contributed by atoms with van der Waals surface area (Å²) in [5.41, 5.74) is 3.81. The molecule has 8 heteroatoms. The predicted molar refractivity (Wildman–Crippen MR) is 155 cm³/mol. The molecule has 1 aliphatic carbocycles. The van der Waals surface area contributed by atoms with Gasteiger partial charge in [0.15, 0.2) is 11.6 Å². The Balaban J connectivity index is 0.000000344. The smallest absolute Gasteiger partial charge is 0.306 e. The molecule has 0 saturated heterocycles. The van der Waals surface area contributed by atoms with Crippen molar-refractivity contribution in [2.24, 2.45) is 16.8 Å². The van der Waals surface area contributed by atoms with E-state index >= 15 is 0 Å². The molecule has 2 aliphatic rings. The van der Waals surface area contributed by atoms with Crippen LogP contribution in [0, 0.1) is 11.8 Å². The Morgan fingerprint density at radius 2 is 1.74 bits per heavy atom. The molecule has 1 unspecified atom stereocenters. The number of nitrogens with zero attached hydrogens (tertiary/aromatic N) is 3. The highest BCUT2D eigenvalue weighted by molar-refractivity contribution is 5.96. The van der Waals surface area contributed by atoms with Crippen molar-refractivity contribution in [2.75, 3.05) is 21.2 Å². The quantitative estimate of drug-likeness (QED) is 0.234. The van der Waals surface area contributed by atoms with Gasteiger partial charge in [-0.05, 0) is 74.8 Å². The van der Waals surface area contributed by atoms with Crippen molar-refractivity contribution >= 4 is 18.0 Å². The molecule has 0 bridgehead atoms. The molecule has 1 aliphatic heterocycles. The summed E-state index contributed by atoms with van der Waals surface area (Å²) >= 11 is 0. The monoisotopic (exact) mass is 539 g/mol. The molecule has 3 rings (SSSR count). The number of aliphatic imine (C=N–C) groups is 1. The molecule has 2 atom stereocenters. The maximum atomic E-state index is 12.1. The fraction of sp³-hybridized carbons (Fsp3) is 0.516. The zero-order valence-electron chi connectivity index (χ0n) is 24.5. The molecule has 1 aromatic rings. The summed E-state index contributed by atoms with van der Waals surface area (Å²) in [6, 6.07) is 6.61. The molecule has 1 aromatic carbocycles. The van der Waals surface area contributed by atoms with Crippen LogP contribution in [0.1, 0.15) is 65.4 Å². The molecular weight excluding hydrogens is 494 g/mol. The average molecular weight is 540 g/mol. The van der Waals surface area contributed by atoms with Gasteiger partial charge >= 0.3 is 5.97 Å². The number of hydrogen-bond acceptors (Lipinski definition) is 7. The molecular formula is C31H45N3O5. The number of likely N-dealkylation sites (N-methyl/N-ethyl adjacent to an activating group) is 1. The van der Waals surface area contributed by atoms with Gasteiger partial charge in [0.05, 0.1) is 30.9 Å². The number of phenols is 1. The zero-order chi connectivity index (χ0) is 29.1. The van der Waals surface area contributed by atoms with E-state index < -0.39 is 5.97 Å². The third kappa shape index (κ3) is 9.39. The number of benzene rings is 1. The molecule has 0 radical (unpaired) electrons. The number of carboxylic acids is 1. The number of hydrazine groups is 1. The fourth-order valence-corrected chi connectivity index (χ4v) is 4.84. The van der Waals surface area contributed by atoms with Gasteiger partial charge in [0, 0.05) is 20.3 Å². The second-order valence-corrected chi connectivity index (χ2v) is 10.5. The number of ketones is 1. The molecule has 0 spiro atoms. The van der Waals surface area contributed by atoms with Crippen LogP contribution in [-0.2, 0) is 20.7 Å². The van der Waals surface area contributed by atoms with Gasteiger partial charge in [-0.15, -0.1) is 0 Å². The highest BCUT2D eigenvalue weighted by Gasteiger charge is 2.33. The largest absolute Gasteiger partial charge is 0.508 e. The fourth-order valence-electron chi connectivity index (χ4n) is 4.84. The van der Waals surface area contributed by atoms with Crippen LogP contribution >= 0.6 is 0 Å². The minimum Gasteiger partial charge on any atom is -0.508 e. The number of hydrogen-bond donors (Lipinski definition) is 2. The lowest BCUT2D eigenvalue weighted by Gasteiger charge is -2.25. The van der Waals surface area contributed by atoms with E-state index in [9.17, 15) is 9.59 Å². The third-order valence-electron chi connectivity index (χ3n) is 7.42. The van der Waals surface area contributed by atoms with Crippen molar-refractivity contribution in [3.8, 4) is 5.75 Å². The van der Waals surface area contributed by atoms with Crippen LogP contribution in [0.2, 0.25) is 0 Å². The first-order chi connectivity index (χ1) is 18.5. The number of carbonyl (C=O) groups is 2. The van der Waals surface area contributed by atoms with E-state index in [0.29, 0.717) is 12.3 Å². The Labute approximate surface area is 233 Å². The second-order valence-electron chi connectivity index (χ2n) is 10.5. The van der Waals surface area contributed by atoms with Gasteiger partial charge in [0.25, 0.3) is 0 Å². The molecule has 8 nitrogen and oxygen atoms in total. The number of Topliss-reactive ketones (excluding diaryl/α,β-unsaturated/α-hetero) is 1. The number of carboxylic acid groups (broad SMARTS) is 1. The highest BCUT2D eigenvalue weighted by Crippen LogP contribution is 2.29. The lowest BCUT2D eigenvalue weighted by molar-refractivity contribution is -0.141. The minimum absolute atomic E-state index is 0.0334. The average Bonchev–Trinajstić information content (AvgIpc) is 3.12. The SMILES string of the molecule is CO/C=C(C)/C(/C=N\C1=C(C(C)=O)C(C)N(C)N1C)=C\C1CCCCC1.C[C@@H](Cc1ccc(O)cc1)C(=O)O. The Kier molecular flexibility index (Phi) is 12.5. The predicted octanol–water partition coefficient (Wildman–Crippen LogP) is 5.75. The normalized spacial score (nSPS) is 20.2. The third-order valence-corrected chi connectivity index (χ3v) is 7.42. The molecule has 2 N–H and O–H groups in total. The van der Waals surface area contributed by atoms with Crippen molar-refractivity contribution in [1.82, 2.24) is 10.0 Å². The zero-order valence-corrected chi connectivity index (χ0v) is 24.5. The van der Waals surface area contributed by atoms with Gasteiger partial charge in [0.2, 0.25) is 0 Å². The Bertz CT molecular complexity index is 1100. The van der Waals surface area contributed by atoms with Gasteiger partial charge in [-0.1, -0.05) is 44.4 Å². The van der Waals surface area contributed by atoms with Crippen molar-refractivity contribution in [1.29, 1.82) is 0 Å². The van der Waals surface area contributed by atoms with E-state index in [2.05, 4.69) is 6.08 Å². The van der Waals surface area contributed by atoms with Crippen molar-refractivity contribution in [3.63, 3.8) is 0 Å². The summed E-state index contributed by atoms with van der Waals surface area (Å²) in [7, 11) is 5.59. The summed E-state index contributed by atoms with van der Waals surface area (Å²) in [5, 5.41) is 21.6.